The van der Waals surface area contributed by atoms with Gasteiger partial charge in [0.15, 0.2) is 0 Å². The minimum Gasteiger partial charge on any atom is -0.480 e. The van der Waals surface area contributed by atoms with Gasteiger partial charge in [-0.1, -0.05) is 11.8 Å². The number of piperazine rings is 1. The number of nitrogens with one attached hydrogen (secondary N) is 1. The molecule has 4 nitrogen and oxygen atoms in total. The first kappa shape index (κ1) is 12.0. The number of aliphatic carboxylic acids is 1. The van der Waals surface area contributed by atoms with E-state index in [-0.39, 0.29) is 0 Å². The number of carboxylic acids is 1. The Kier molecular flexibility index (Phi) is 5.48. The quantitative estimate of drug-likeness (QED) is 0.523. The fourth-order valence-corrected chi connectivity index (χ4v) is 2.20. The molecule has 1 saturated heterocycles. The fourth-order valence-electron chi connectivity index (χ4n) is 1.54. The van der Waals surface area contributed by atoms with Crippen LogP contribution in [-0.4, -0.2) is 54.4 Å². The molecular weight excluding hydrogens is 219 g/mol. The molecule has 80 valence electrons. The molecular formula is C8H15N2O2PS. The van der Waals surface area contributed by atoms with Gasteiger partial charge in [-0.2, -0.15) is 0 Å². The highest BCUT2D eigenvalue weighted by molar-refractivity contribution is 7.96. The zero-order valence-electron chi connectivity index (χ0n) is 7.98. The highest BCUT2D eigenvalue weighted by Crippen LogP contribution is 2.03. The molecule has 1 atom stereocenters. The highest BCUT2D eigenvalue weighted by Gasteiger charge is 2.23. The molecule has 0 aliphatic carbocycles. The van der Waals surface area contributed by atoms with Crippen molar-refractivity contribution in [2.24, 2.45) is 0 Å². The lowest BCUT2D eigenvalue weighted by Crippen LogP contribution is -2.54. The molecule has 1 aliphatic rings. The van der Waals surface area contributed by atoms with E-state index in [0.29, 0.717) is 6.54 Å². The van der Waals surface area contributed by atoms with Crippen LogP contribution in [0.2, 0.25) is 0 Å². The van der Waals surface area contributed by atoms with Crippen molar-refractivity contribution in [1.29, 1.82) is 0 Å². The maximum Gasteiger partial charge on any atom is 0.322 e. The summed E-state index contributed by atoms with van der Waals surface area (Å²) in [6, 6.07) is -0.398. The molecule has 0 spiro atoms. The van der Waals surface area contributed by atoms with Gasteiger partial charge >= 0.3 is 5.97 Å². The van der Waals surface area contributed by atoms with E-state index < -0.39 is 12.0 Å². The lowest BCUT2D eigenvalue weighted by atomic mass is 10.2. The third-order valence-electron chi connectivity index (χ3n) is 2.28. The highest BCUT2D eigenvalue weighted by atomic mass is 32.4. The summed E-state index contributed by atoms with van der Waals surface area (Å²) in [5.74, 6) is -0.754. The van der Waals surface area contributed by atoms with Gasteiger partial charge in [0.25, 0.3) is 0 Å². The van der Waals surface area contributed by atoms with E-state index in [1.165, 1.54) is 0 Å². The number of hydrogen-bond donors (Lipinski definition) is 2. The van der Waals surface area contributed by atoms with Crippen molar-refractivity contribution < 1.29 is 9.90 Å². The number of rotatable bonds is 5. The summed E-state index contributed by atoms with van der Waals surface area (Å²) in [6.07, 6.45) is 2.09. The van der Waals surface area contributed by atoms with E-state index in [1.54, 1.807) is 0 Å². The second-order valence-corrected chi connectivity index (χ2v) is 4.83. The van der Waals surface area contributed by atoms with Crippen LogP contribution in [0.3, 0.4) is 0 Å². The van der Waals surface area contributed by atoms with E-state index in [4.69, 9.17) is 16.9 Å². The molecule has 1 aliphatic heterocycles. The van der Waals surface area contributed by atoms with Crippen molar-refractivity contribution >= 4 is 25.1 Å². The average Bonchev–Trinajstić information content (AvgIpc) is 2.19. The second kappa shape index (κ2) is 6.40. The Morgan fingerprint density at radius 2 is 2.50 bits per heavy atom. The molecule has 1 rings (SSSR count). The summed E-state index contributed by atoms with van der Waals surface area (Å²) in [5.41, 5.74) is 0. The average molecular weight is 234 g/mol. The molecule has 14 heavy (non-hydrogen) atoms. The predicted octanol–water partition coefficient (Wildman–Crippen LogP) is 0.143. The zero-order valence-corrected chi connectivity index (χ0v) is 9.69. The Labute approximate surface area is 90.5 Å². The first-order chi connectivity index (χ1) is 6.74. The molecule has 0 aromatic carbocycles. The molecule has 0 aromatic heterocycles. The Bertz CT molecular complexity index is 216. The largest absolute Gasteiger partial charge is 0.480 e. The van der Waals surface area contributed by atoms with Crippen LogP contribution < -0.4 is 5.32 Å². The number of carboxylic acid groups (broad SMARTS) is 1. The Morgan fingerprint density at radius 1 is 1.71 bits per heavy atom. The van der Waals surface area contributed by atoms with Crippen molar-refractivity contribution in [1.82, 2.24) is 10.2 Å². The topological polar surface area (TPSA) is 52.6 Å². The van der Waals surface area contributed by atoms with Crippen LogP contribution in [0.4, 0.5) is 0 Å². The molecule has 6 heteroatoms. The van der Waals surface area contributed by atoms with Gasteiger partial charge in [-0.3, -0.25) is 9.69 Å². The van der Waals surface area contributed by atoms with Crippen LogP contribution in [-0.2, 0) is 16.6 Å². The summed E-state index contributed by atoms with van der Waals surface area (Å²) in [4.78, 5) is 12.9. The first-order valence-electron chi connectivity index (χ1n) is 4.71. The maximum atomic E-state index is 10.7. The van der Waals surface area contributed by atoms with Gasteiger partial charge in [0.2, 0.25) is 0 Å². The molecule has 2 N–H and O–H groups in total. The van der Waals surface area contributed by atoms with Crippen molar-refractivity contribution in [3.05, 3.63) is 0 Å². The lowest BCUT2D eigenvalue weighted by Gasteiger charge is -2.31. The maximum absolute atomic E-state index is 10.7. The first-order valence-corrected chi connectivity index (χ1v) is 6.81. The van der Waals surface area contributed by atoms with Gasteiger partial charge in [-0.15, -0.1) is 0 Å². The molecule has 0 saturated carbocycles. The molecule has 0 amide bonds. The monoisotopic (exact) mass is 234 g/mol. The van der Waals surface area contributed by atoms with Crippen molar-refractivity contribution in [3.8, 4) is 0 Å². The van der Waals surface area contributed by atoms with Crippen molar-refractivity contribution in [2.75, 3.05) is 32.3 Å². The predicted molar refractivity (Wildman–Crippen MR) is 59.6 cm³/mol. The Morgan fingerprint density at radius 3 is 3.14 bits per heavy atom. The van der Waals surface area contributed by atoms with E-state index in [0.717, 1.165) is 39.6 Å². The fraction of sp³-hybridized carbons (Fsp3) is 0.875. The van der Waals surface area contributed by atoms with E-state index >= 15 is 0 Å². The minimum absolute atomic E-state index is 0.398. The van der Waals surface area contributed by atoms with Crippen LogP contribution in [0.15, 0.2) is 0 Å². The van der Waals surface area contributed by atoms with Crippen LogP contribution >= 0.6 is 7.36 Å². The summed E-state index contributed by atoms with van der Waals surface area (Å²) >= 11 is 4.83. The standard InChI is InChI=1S/C8H15N2O2PS/c11-8(12)7-6-10(4-2-9-7)3-1-5-13-14/h7,9H,1-6H2,(H,11,12)/t7-/m1/s1. The summed E-state index contributed by atoms with van der Waals surface area (Å²) in [6.45, 7) is 3.29. The van der Waals surface area contributed by atoms with Gasteiger partial charge in [0.05, 0.1) is 0 Å². The van der Waals surface area contributed by atoms with Gasteiger partial charge in [-0.25, -0.2) is 0 Å². The number of nitrogens with zero attached hydrogens (tertiary/aromatic N) is 1. The van der Waals surface area contributed by atoms with E-state index in [9.17, 15) is 4.79 Å². The Balaban J connectivity index is 2.25. The normalized spacial score (nSPS) is 23.9. The van der Waals surface area contributed by atoms with Crippen LogP contribution in [0, 0.1) is 0 Å². The smallest absolute Gasteiger partial charge is 0.322 e. The van der Waals surface area contributed by atoms with Crippen molar-refractivity contribution in [2.45, 2.75) is 12.5 Å². The Hall–Kier alpha value is -0.0900. The third-order valence-corrected chi connectivity index (χ3v) is 3.33. The van der Waals surface area contributed by atoms with Crippen LogP contribution in [0.5, 0.6) is 0 Å². The molecule has 1 fully saturated rings. The van der Waals surface area contributed by atoms with E-state index in [2.05, 4.69) is 10.2 Å². The molecule has 1 heterocycles. The van der Waals surface area contributed by atoms with Crippen LogP contribution in [0.1, 0.15) is 6.42 Å². The van der Waals surface area contributed by atoms with Gasteiger partial charge < -0.3 is 10.4 Å². The number of hydrogen-bond acceptors (Lipinski definition) is 4. The lowest BCUT2D eigenvalue weighted by molar-refractivity contribution is -0.140. The second-order valence-electron chi connectivity index (χ2n) is 3.35. The van der Waals surface area contributed by atoms with Gasteiger partial charge in [0.1, 0.15) is 6.04 Å². The summed E-state index contributed by atoms with van der Waals surface area (Å²) < 4.78 is 0. The molecule has 0 aromatic rings. The minimum atomic E-state index is -0.754. The molecule has 0 bridgehead atoms. The molecule has 0 unspecified atom stereocenters. The SMILES string of the molecule is O=C(O)[C@H]1CN(CCCP=S)CCN1. The van der Waals surface area contributed by atoms with Crippen molar-refractivity contribution in [3.63, 3.8) is 0 Å². The zero-order chi connectivity index (χ0) is 10.4. The van der Waals surface area contributed by atoms with Gasteiger partial charge in [-0.05, 0) is 20.3 Å². The van der Waals surface area contributed by atoms with E-state index in [1.807, 2.05) is 0 Å². The van der Waals surface area contributed by atoms with Gasteiger partial charge in [0, 0.05) is 25.8 Å². The van der Waals surface area contributed by atoms with Crippen LogP contribution in [0.25, 0.3) is 0 Å². The third kappa shape index (κ3) is 3.96. The molecule has 0 radical (unpaired) electrons. The summed E-state index contributed by atoms with van der Waals surface area (Å²) in [5, 5.41) is 11.8. The summed E-state index contributed by atoms with van der Waals surface area (Å²) in [7, 11) is 1.01. The number of carbonyl (C=O) groups is 1.